The number of hydrogen-bond donors (Lipinski definition) is 0. The molecule has 2 aromatic carbocycles. The molecule has 0 aliphatic rings. The predicted octanol–water partition coefficient (Wildman–Crippen LogP) is 4.33. The van der Waals surface area contributed by atoms with Crippen LogP contribution in [-0.4, -0.2) is 11.0 Å². The minimum absolute atomic E-state index is 0.221. The zero-order chi connectivity index (χ0) is 17.5. The first-order chi connectivity index (χ1) is 12.2. The lowest BCUT2D eigenvalue weighted by molar-refractivity contribution is 0.0467. The smallest absolute Gasteiger partial charge is 0.342 e. The molecule has 0 spiro atoms. The summed E-state index contributed by atoms with van der Waals surface area (Å²) in [5.41, 5.74) is 3.01. The molecule has 0 fully saturated rings. The van der Waals surface area contributed by atoms with Gasteiger partial charge in [-0.3, -0.25) is 4.98 Å². The average molecular weight is 333 g/mol. The van der Waals surface area contributed by atoms with Gasteiger partial charge in [0.2, 0.25) is 0 Å². The predicted molar refractivity (Wildman–Crippen MR) is 95.3 cm³/mol. The largest absolute Gasteiger partial charge is 0.486 e. The first-order valence-corrected chi connectivity index (χ1v) is 8.07. The third kappa shape index (κ3) is 4.44. The van der Waals surface area contributed by atoms with Crippen LogP contribution >= 0.6 is 0 Å². The van der Waals surface area contributed by atoms with Gasteiger partial charge in [-0.1, -0.05) is 60.7 Å². The fraction of sp³-hybridized carbons (Fsp3) is 0.143. The van der Waals surface area contributed by atoms with E-state index in [-0.39, 0.29) is 6.61 Å². The Bertz CT molecular complexity index is 832. The molecular formula is C21H19NO3. The quantitative estimate of drug-likeness (QED) is 0.630. The van der Waals surface area contributed by atoms with Crippen LogP contribution in [0.15, 0.2) is 72.9 Å². The van der Waals surface area contributed by atoms with E-state index in [1.807, 2.05) is 67.6 Å². The van der Waals surface area contributed by atoms with E-state index < -0.39 is 5.97 Å². The molecule has 1 heterocycles. The van der Waals surface area contributed by atoms with Gasteiger partial charge in [-0.15, -0.1) is 0 Å². The highest BCUT2D eigenvalue weighted by atomic mass is 16.5. The number of aryl methyl sites for hydroxylation is 1. The van der Waals surface area contributed by atoms with Gasteiger partial charge in [-0.2, -0.15) is 0 Å². The topological polar surface area (TPSA) is 48.4 Å². The lowest BCUT2D eigenvalue weighted by Gasteiger charge is -2.13. The van der Waals surface area contributed by atoms with Crippen LogP contribution in [0.2, 0.25) is 0 Å². The number of esters is 1. The number of ether oxygens (including phenoxy) is 2. The normalized spacial score (nSPS) is 10.3. The number of carbonyl (C=O) groups excluding carboxylic acids is 1. The average Bonchev–Trinajstić information content (AvgIpc) is 2.66. The van der Waals surface area contributed by atoms with Crippen molar-refractivity contribution >= 4 is 5.97 Å². The summed E-state index contributed by atoms with van der Waals surface area (Å²) in [5, 5.41) is 0. The van der Waals surface area contributed by atoms with Crippen LogP contribution < -0.4 is 4.74 Å². The van der Waals surface area contributed by atoms with Gasteiger partial charge in [0, 0.05) is 6.20 Å². The van der Waals surface area contributed by atoms with Crippen LogP contribution in [0.5, 0.6) is 5.75 Å². The maximum Gasteiger partial charge on any atom is 0.342 e. The Morgan fingerprint density at radius 3 is 2.12 bits per heavy atom. The lowest BCUT2D eigenvalue weighted by atomic mass is 10.2. The van der Waals surface area contributed by atoms with Crippen molar-refractivity contribution in [2.24, 2.45) is 0 Å². The van der Waals surface area contributed by atoms with Gasteiger partial charge in [0.1, 0.15) is 18.8 Å². The second-order valence-electron chi connectivity index (χ2n) is 5.61. The molecule has 0 saturated heterocycles. The van der Waals surface area contributed by atoms with E-state index in [1.54, 1.807) is 12.3 Å². The van der Waals surface area contributed by atoms with Gasteiger partial charge >= 0.3 is 5.97 Å². The summed E-state index contributed by atoms with van der Waals surface area (Å²) in [6.07, 6.45) is 1.59. The third-order valence-electron chi connectivity index (χ3n) is 3.74. The van der Waals surface area contributed by atoms with E-state index in [2.05, 4.69) is 4.98 Å². The number of nitrogens with zero attached hydrogens (tertiary/aromatic N) is 1. The number of aromatic nitrogens is 1. The van der Waals surface area contributed by atoms with E-state index in [1.165, 1.54) is 0 Å². The molecule has 4 heteroatoms. The van der Waals surface area contributed by atoms with E-state index >= 15 is 0 Å². The number of pyridine rings is 1. The summed E-state index contributed by atoms with van der Waals surface area (Å²) in [5.74, 6) is 0.0434. The molecule has 0 unspecified atom stereocenters. The van der Waals surface area contributed by atoms with Gasteiger partial charge in [0.25, 0.3) is 0 Å². The standard InChI is InChI=1S/C21H19NO3/c1-16-20(24-14-17-8-4-2-5-9-17)19(12-13-22-16)21(23)25-15-18-10-6-3-7-11-18/h2-13H,14-15H2,1H3. The highest BCUT2D eigenvalue weighted by molar-refractivity contribution is 5.92. The van der Waals surface area contributed by atoms with Crippen molar-refractivity contribution in [3.63, 3.8) is 0 Å². The van der Waals surface area contributed by atoms with Gasteiger partial charge in [-0.05, 0) is 24.1 Å². The maximum atomic E-state index is 12.5. The van der Waals surface area contributed by atoms with Crippen molar-refractivity contribution in [3.8, 4) is 5.75 Å². The van der Waals surface area contributed by atoms with Crippen molar-refractivity contribution in [3.05, 3.63) is 95.3 Å². The summed E-state index contributed by atoms with van der Waals surface area (Å²) in [7, 11) is 0. The minimum Gasteiger partial charge on any atom is -0.486 e. The Morgan fingerprint density at radius 1 is 0.880 bits per heavy atom. The molecule has 3 rings (SSSR count). The molecule has 0 radical (unpaired) electrons. The Balaban J connectivity index is 1.72. The fourth-order valence-electron chi connectivity index (χ4n) is 2.43. The Labute approximate surface area is 147 Å². The molecule has 4 nitrogen and oxygen atoms in total. The minimum atomic E-state index is -0.419. The summed E-state index contributed by atoms with van der Waals surface area (Å²) in [6.45, 7) is 2.40. The van der Waals surface area contributed by atoms with Gasteiger partial charge in [0.15, 0.2) is 5.75 Å². The Morgan fingerprint density at radius 2 is 1.48 bits per heavy atom. The van der Waals surface area contributed by atoms with Crippen LogP contribution in [0.3, 0.4) is 0 Å². The molecule has 0 atom stereocenters. The van der Waals surface area contributed by atoms with Crippen LogP contribution in [-0.2, 0) is 18.0 Å². The van der Waals surface area contributed by atoms with Crippen LogP contribution in [0.1, 0.15) is 27.2 Å². The molecule has 0 saturated carbocycles. The van der Waals surface area contributed by atoms with Gasteiger partial charge in [-0.25, -0.2) is 4.79 Å². The van der Waals surface area contributed by atoms with Crippen molar-refractivity contribution < 1.29 is 14.3 Å². The van der Waals surface area contributed by atoms with Crippen molar-refractivity contribution in [2.75, 3.05) is 0 Å². The lowest BCUT2D eigenvalue weighted by Crippen LogP contribution is -2.10. The molecule has 0 N–H and O–H groups in total. The summed E-state index contributed by atoms with van der Waals surface area (Å²) in [4.78, 5) is 16.7. The molecule has 1 aromatic heterocycles. The number of rotatable bonds is 6. The molecular weight excluding hydrogens is 314 g/mol. The van der Waals surface area contributed by atoms with Crippen LogP contribution in [0.25, 0.3) is 0 Å². The first-order valence-electron chi connectivity index (χ1n) is 8.07. The van der Waals surface area contributed by atoms with E-state index in [0.29, 0.717) is 23.6 Å². The Hall–Kier alpha value is -3.14. The molecule has 0 aliphatic carbocycles. The highest BCUT2D eigenvalue weighted by Crippen LogP contribution is 2.24. The monoisotopic (exact) mass is 333 g/mol. The van der Waals surface area contributed by atoms with Gasteiger partial charge in [0.05, 0.1) is 5.69 Å². The molecule has 3 aromatic rings. The molecule has 126 valence electrons. The SMILES string of the molecule is Cc1nccc(C(=O)OCc2ccccc2)c1OCc1ccccc1. The van der Waals surface area contributed by atoms with Crippen LogP contribution in [0, 0.1) is 6.92 Å². The second kappa shape index (κ2) is 8.11. The molecule has 0 bridgehead atoms. The zero-order valence-electron chi connectivity index (χ0n) is 14.0. The van der Waals surface area contributed by atoms with E-state index in [9.17, 15) is 4.79 Å². The summed E-state index contributed by atoms with van der Waals surface area (Å²) >= 11 is 0. The van der Waals surface area contributed by atoms with Crippen molar-refractivity contribution in [1.82, 2.24) is 4.98 Å². The van der Waals surface area contributed by atoms with E-state index in [0.717, 1.165) is 11.1 Å². The number of hydrogen-bond acceptors (Lipinski definition) is 4. The fourth-order valence-corrected chi connectivity index (χ4v) is 2.43. The number of carbonyl (C=O) groups is 1. The summed E-state index contributed by atoms with van der Waals surface area (Å²) in [6, 6.07) is 21.0. The molecule has 0 amide bonds. The molecule has 0 aliphatic heterocycles. The number of benzene rings is 2. The van der Waals surface area contributed by atoms with Crippen molar-refractivity contribution in [2.45, 2.75) is 20.1 Å². The van der Waals surface area contributed by atoms with Crippen molar-refractivity contribution in [1.29, 1.82) is 0 Å². The Kier molecular flexibility index (Phi) is 5.42. The van der Waals surface area contributed by atoms with Gasteiger partial charge < -0.3 is 9.47 Å². The zero-order valence-corrected chi connectivity index (χ0v) is 14.0. The van der Waals surface area contributed by atoms with E-state index in [4.69, 9.17) is 9.47 Å². The first kappa shape index (κ1) is 16.7. The molecule has 25 heavy (non-hydrogen) atoms. The second-order valence-corrected chi connectivity index (χ2v) is 5.61. The highest BCUT2D eigenvalue weighted by Gasteiger charge is 2.17. The maximum absolute atomic E-state index is 12.5. The van der Waals surface area contributed by atoms with Crippen LogP contribution in [0.4, 0.5) is 0 Å². The summed E-state index contributed by atoms with van der Waals surface area (Å²) < 4.78 is 11.3. The third-order valence-corrected chi connectivity index (χ3v) is 3.74.